The third-order valence-electron chi connectivity index (χ3n) is 3.17. The molecule has 2 heterocycles. The number of nitrogens with zero attached hydrogens (tertiary/aromatic N) is 3. The topological polar surface area (TPSA) is 22.8 Å². The fraction of sp³-hybridized carbons (Fsp3) is 0.214. The zero-order chi connectivity index (χ0) is 13.4. The van der Waals surface area contributed by atoms with Crippen molar-refractivity contribution < 1.29 is 0 Å². The van der Waals surface area contributed by atoms with Crippen LogP contribution in [0.3, 0.4) is 0 Å². The van der Waals surface area contributed by atoms with E-state index in [-0.39, 0.29) is 0 Å². The van der Waals surface area contributed by atoms with E-state index in [2.05, 4.69) is 22.8 Å². The first-order valence-electron chi connectivity index (χ1n) is 6.12. The lowest BCUT2D eigenvalue weighted by Gasteiger charge is -2.04. The molecule has 0 spiro atoms. The molecule has 0 N–H and O–H groups in total. The third kappa shape index (κ3) is 2.36. The molecule has 0 unspecified atom stereocenters. The highest BCUT2D eigenvalue weighted by Gasteiger charge is 2.07. The maximum Gasteiger partial charge on any atom is 0.0539 e. The van der Waals surface area contributed by atoms with Gasteiger partial charge in [-0.3, -0.25) is 4.68 Å². The van der Waals surface area contributed by atoms with Crippen LogP contribution in [0.4, 0.5) is 0 Å². The minimum Gasteiger partial charge on any atom is -0.343 e. The van der Waals surface area contributed by atoms with E-state index in [1.165, 1.54) is 0 Å². The smallest absolute Gasteiger partial charge is 0.0539 e. The van der Waals surface area contributed by atoms with Crippen LogP contribution in [0.25, 0.3) is 10.9 Å². The van der Waals surface area contributed by atoms with Gasteiger partial charge >= 0.3 is 0 Å². The Balaban J connectivity index is 2.01. The van der Waals surface area contributed by atoms with Gasteiger partial charge in [-0.05, 0) is 25.1 Å². The summed E-state index contributed by atoms with van der Waals surface area (Å²) in [5.74, 6) is 0. The molecule has 0 saturated carbocycles. The summed E-state index contributed by atoms with van der Waals surface area (Å²) in [5, 5.41) is 6.64. The first kappa shape index (κ1) is 12.6. The van der Waals surface area contributed by atoms with Crippen molar-refractivity contribution in [2.24, 2.45) is 0 Å². The predicted molar refractivity (Wildman–Crippen MR) is 79.0 cm³/mol. The normalized spacial score (nSPS) is 11.3. The zero-order valence-electron chi connectivity index (χ0n) is 10.5. The van der Waals surface area contributed by atoms with Crippen molar-refractivity contribution in [2.75, 3.05) is 0 Å². The Hall–Kier alpha value is -1.45. The molecular weight excluding hydrogens is 281 g/mol. The predicted octanol–water partition coefficient (Wildman–Crippen LogP) is 4.21. The summed E-state index contributed by atoms with van der Waals surface area (Å²) in [6.45, 7) is 3.71. The van der Waals surface area contributed by atoms with Gasteiger partial charge in [-0.15, -0.1) is 0 Å². The van der Waals surface area contributed by atoms with E-state index < -0.39 is 0 Å². The molecule has 0 bridgehead atoms. The second-order valence-electron chi connectivity index (χ2n) is 4.47. The van der Waals surface area contributed by atoms with E-state index in [4.69, 9.17) is 23.2 Å². The SMILES string of the molecule is CCn1cc(Cn2ccc3c(Cl)cc(Cl)cc32)cn1. The maximum atomic E-state index is 6.19. The molecule has 1 aromatic carbocycles. The first-order valence-corrected chi connectivity index (χ1v) is 6.88. The van der Waals surface area contributed by atoms with Crippen LogP contribution in [-0.4, -0.2) is 14.3 Å². The fourth-order valence-electron chi connectivity index (χ4n) is 2.21. The number of halogens is 2. The molecule has 3 rings (SSSR count). The summed E-state index contributed by atoms with van der Waals surface area (Å²) in [6, 6.07) is 5.72. The average Bonchev–Trinajstić information content (AvgIpc) is 2.97. The first-order chi connectivity index (χ1) is 9.17. The van der Waals surface area contributed by atoms with E-state index in [1.807, 2.05) is 29.2 Å². The van der Waals surface area contributed by atoms with Crippen LogP contribution in [0.5, 0.6) is 0 Å². The van der Waals surface area contributed by atoms with Crippen molar-refractivity contribution >= 4 is 34.1 Å². The summed E-state index contributed by atoms with van der Waals surface area (Å²) in [7, 11) is 0. The van der Waals surface area contributed by atoms with Crippen LogP contribution >= 0.6 is 23.2 Å². The van der Waals surface area contributed by atoms with Gasteiger partial charge in [-0.25, -0.2) is 0 Å². The van der Waals surface area contributed by atoms with Crippen molar-refractivity contribution in [1.29, 1.82) is 0 Å². The van der Waals surface area contributed by atoms with E-state index in [0.29, 0.717) is 10.0 Å². The molecule has 19 heavy (non-hydrogen) atoms. The molecule has 5 heteroatoms. The summed E-state index contributed by atoms with van der Waals surface area (Å²) >= 11 is 12.3. The van der Waals surface area contributed by atoms with Crippen molar-refractivity contribution in [3.05, 3.63) is 52.4 Å². The van der Waals surface area contributed by atoms with Crippen LogP contribution < -0.4 is 0 Å². The number of fused-ring (bicyclic) bond motifs is 1. The molecular formula is C14H13Cl2N3. The van der Waals surface area contributed by atoms with Crippen LogP contribution in [-0.2, 0) is 13.1 Å². The lowest BCUT2D eigenvalue weighted by Crippen LogP contribution is -1.97. The van der Waals surface area contributed by atoms with E-state index >= 15 is 0 Å². The molecule has 0 atom stereocenters. The second kappa shape index (κ2) is 4.91. The van der Waals surface area contributed by atoms with Crippen molar-refractivity contribution in [2.45, 2.75) is 20.0 Å². The second-order valence-corrected chi connectivity index (χ2v) is 5.31. The van der Waals surface area contributed by atoms with Gasteiger partial charge in [0.2, 0.25) is 0 Å². The Bertz CT molecular complexity index is 727. The lowest BCUT2D eigenvalue weighted by molar-refractivity contribution is 0.658. The molecule has 2 aromatic heterocycles. The fourth-order valence-corrected chi connectivity index (χ4v) is 2.76. The highest BCUT2D eigenvalue weighted by molar-refractivity contribution is 6.38. The van der Waals surface area contributed by atoms with E-state index in [9.17, 15) is 0 Å². The Morgan fingerprint density at radius 3 is 2.84 bits per heavy atom. The van der Waals surface area contributed by atoms with Crippen LogP contribution in [0.1, 0.15) is 12.5 Å². The molecule has 3 nitrogen and oxygen atoms in total. The molecule has 0 aliphatic carbocycles. The van der Waals surface area contributed by atoms with Crippen LogP contribution in [0.15, 0.2) is 36.8 Å². The number of aromatic nitrogens is 3. The van der Waals surface area contributed by atoms with Gasteiger partial charge in [0.25, 0.3) is 0 Å². The van der Waals surface area contributed by atoms with Crippen LogP contribution in [0.2, 0.25) is 10.0 Å². The largest absolute Gasteiger partial charge is 0.343 e. The van der Waals surface area contributed by atoms with Gasteiger partial charge in [-0.1, -0.05) is 23.2 Å². The van der Waals surface area contributed by atoms with E-state index in [0.717, 1.165) is 29.6 Å². The molecule has 0 radical (unpaired) electrons. The average molecular weight is 294 g/mol. The van der Waals surface area contributed by atoms with Gasteiger partial charge in [0.15, 0.2) is 0 Å². The van der Waals surface area contributed by atoms with Crippen molar-refractivity contribution in [3.8, 4) is 0 Å². The molecule has 0 aliphatic rings. The summed E-state index contributed by atoms with van der Waals surface area (Å²) in [6.07, 6.45) is 5.97. The highest BCUT2D eigenvalue weighted by atomic mass is 35.5. The van der Waals surface area contributed by atoms with Crippen LogP contribution in [0, 0.1) is 0 Å². The van der Waals surface area contributed by atoms with Gasteiger partial charge in [0.1, 0.15) is 0 Å². The molecule has 98 valence electrons. The van der Waals surface area contributed by atoms with Crippen molar-refractivity contribution in [1.82, 2.24) is 14.3 Å². The summed E-state index contributed by atoms with van der Waals surface area (Å²) in [5.41, 5.74) is 2.21. The van der Waals surface area contributed by atoms with Gasteiger partial charge in [0.05, 0.1) is 23.3 Å². The highest BCUT2D eigenvalue weighted by Crippen LogP contribution is 2.29. The molecule has 0 saturated heterocycles. The Labute approximate surface area is 121 Å². The molecule has 0 aliphatic heterocycles. The summed E-state index contributed by atoms with van der Waals surface area (Å²) in [4.78, 5) is 0. The van der Waals surface area contributed by atoms with E-state index in [1.54, 1.807) is 6.07 Å². The zero-order valence-corrected chi connectivity index (χ0v) is 12.0. The summed E-state index contributed by atoms with van der Waals surface area (Å²) < 4.78 is 4.05. The Kier molecular flexibility index (Phi) is 3.25. The molecule has 0 amide bonds. The molecule has 0 fully saturated rings. The number of hydrogen-bond acceptors (Lipinski definition) is 1. The van der Waals surface area contributed by atoms with Gasteiger partial charge in [-0.2, -0.15) is 5.10 Å². The van der Waals surface area contributed by atoms with Crippen molar-refractivity contribution in [3.63, 3.8) is 0 Å². The molecule has 3 aromatic rings. The lowest BCUT2D eigenvalue weighted by atomic mass is 10.2. The number of benzene rings is 1. The monoisotopic (exact) mass is 293 g/mol. The number of hydrogen-bond donors (Lipinski definition) is 0. The number of aryl methyl sites for hydroxylation is 1. The number of rotatable bonds is 3. The minimum absolute atomic E-state index is 0.654. The van der Waals surface area contributed by atoms with Gasteiger partial charge < -0.3 is 4.57 Å². The van der Waals surface area contributed by atoms with Gasteiger partial charge in [0, 0.05) is 34.9 Å². The standard InChI is InChI=1S/C14H13Cl2N3/c1-2-19-9-10(7-17-19)8-18-4-3-12-13(16)5-11(15)6-14(12)18/h3-7,9H,2,8H2,1H3. The Morgan fingerprint density at radius 2 is 2.11 bits per heavy atom. The third-order valence-corrected chi connectivity index (χ3v) is 3.70. The maximum absolute atomic E-state index is 6.19. The Morgan fingerprint density at radius 1 is 1.26 bits per heavy atom. The quantitative estimate of drug-likeness (QED) is 0.709. The minimum atomic E-state index is 0.654.